The standard InChI is InChI=1S/C37H37ClO11/c1-19-14-24(39)31(35(41)37(19)36(42)32-28(44-3)18-29(45-4)33(38)34(32)49-37)23(17-30(40)46-5)21-7-9-26(43-2)27(16-21)48-12-10-20-6-8-25-22(15-20)11-13-47-25/h6-9,15-16,18-19,23,41H,10-14,17H2,1-5H3/t19-,23+,37+/m1/s1. The third-order valence-corrected chi connectivity index (χ3v) is 9.81. The number of benzene rings is 3. The number of hydrogen-bond donors (Lipinski definition) is 1. The summed E-state index contributed by atoms with van der Waals surface area (Å²) < 4.78 is 39.5. The Bertz CT molecular complexity index is 1870. The van der Waals surface area contributed by atoms with Crippen molar-refractivity contribution < 1.29 is 52.6 Å². The summed E-state index contributed by atoms with van der Waals surface area (Å²) in [6.45, 7) is 2.61. The molecule has 1 N–H and O–H groups in total. The molecule has 0 amide bonds. The molecule has 0 bridgehead atoms. The smallest absolute Gasteiger partial charge is 0.306 e. The molecular weight excluding hydrogens is 656 g/mol. The summed E-state index contributed by atoms with van der Waals surface area (Å²) in [5, 5.41) is 12.1. The Morgan fingerprint density at radius 2 is 1.76 bits per heavy atom. The number of allylic oxidation sites excluding steroid dienone is 1. The minimum absolute atomic E-state index is 0.0123. The van der Waals surface area contributed by atoms with Crippen molar-refractivity contribution in [3.8, 4) is 34.5 Å². The van der Waals surface area contributed by atoms with E-state index in [0.29, 0.717) is 36.7 Å². The van der Waals surface area contributed by atoms with Crippen molar-refractivity contribution in [2.75, 3.05) is 41.7 Å². The molecule has 0 aromatic heterocycles. The van der Waals surface area contributed by atoms with Crippen molar-refractivity contribution in [1.82, 2.24) is 0 Å². The van der Waals surface area contributed by atoms with Gasteiger partial charge >= 0.3 is 5.97 Å². The highest BCUT2D eigenvalue weighted by atomic mass is 35.5. The highest BCUT2D eigenvalue weighted by molar-refractivity contribution is 6.35. The van der Waals surface area contributed by atoms with Gasteiger partial charge in [0.15, 0.2) is 28.8 Å². The molecule has 0 saturated carbocycles. The van der Waals surface area contributed by atoms with Crippen molar-refractivity contribution in [3.63, 3.8) is 0 Å². The number of ether oxygens (including phenoxy) is 7. The lowest BCUT2D eigenvalue weighted by molar-refractivity contribution is -0.140. The van der Waals surface area contributed by atoms with Gasteiger partial charge in [-0.2, -0.15) is 0 Å². The largest absolute Gasteiger partial charge is 0.507 e. The fourth-order valence-corrected chi connectivity index (χ4v) is 7.14. The molecule has 3 atom stereocenters. The molecule has 1 spiro atoms. The zero-order chi connectivity index (χ0) is 35.0. The Balaban J connectivity index is 1.39. The van der Waals surface area contributed by atoms with Crippen molar-refractivity contribution in [2.24, 2.45) is 5.92 Å². The van der Waals surface area contributed by atoms with Gasteiger partial charge in [-0.25, -0.2) is 0 Å². The van der Waals surface area contributed by atoms with Crippen LogP contribution in [0.4, 0.5) is 0 Å². The number of esters is 1. The zero-order valence-corrected chi connectivity index (χ0v) is 28.6. The van der Waals surface area contributed by atoms with Crippen molar-refractivity contribution >= 4 is 29.1 Å². The van der Waals surface area contributed by atoms with Crippen LogP contribution in [-0.2, 0) is 27.2 Å². The lowest BCUT2D eigenvalue weighted by Crippen LogP contribution is -2.53. The number of halogens is 1. The van der Waals surface area contributed by atoms with Crippen LogP contribution < -0.4 is 28.4 Å². The van der Waals surface area contributed by atoms with Gasteiger partial charge in [-0.15, -0.1) is 0 Å². The van der Waals surface area contributed by atoms with Crippen LogP contribution in [0.1, 0.15) is 52.7 Å². The van der Waals surface area contributed by atoms with Gasteiger partial charge in [-0.1, -0.05) is 36.7 Å². The van der Waals surface area contributed by atoms with Crippen LogP contribution in [0.5, 0.6) is 34.5 Å². The van der Waals surface area contributed by atoms with Crippen LogP contribution in [0.3, 0.4) is 0 Å². The second-order valence-corrected chi connectivity index (χ2v) is 12.5. The molecule has 2 aliphatic heterocycles. The number of rotatable bonds is 11. The van der Waals surface area contributed by atoms with Crippen LogP contribution in [0.25, 0.3) is 0 Å². The van der Waals surface area contributed by atoms with Crippen LogP contribution in [0.2, 0.25) is 5.02 Å². The maximum Gasteiger partial charge on any atom is 0.306 e. The van der Waals surface area contributed by atoms with Gasteiger partial charge in [-0.05, 0) is 34.9 Å². The normalized spacial score (nSPS) is 19.9. The second kappa shape index (κ2) is 13.5. The predicted octanol–water partition coefficient (Wildman–Crippen LogP) is 6.00. The molecule has 2 heterocycles. The molecule has 3 aliphatic rings. The molecule has 3 aromatic rings. The third-order valence-electron chi connectivity index (χ3n) is 9.45. The molecular formula is C37H37ClO11. The van der Waals surface area contributed by atoms with E-state index in [9.17, 15) is 19.5 Å². The molecule has 0 unspecified atom stereocenters. The van der Waals surface area contributed by atoms with E-state index in [2.05, 4.69) is 6.07 Å². The van der Waals surface area contributed by atoms with Gasteiger partial charge in [0.2, 0.25) is 11.4 Å². The third kappa shape index (κ3) is 5.79. The van der Waals surface area contributed by atoms with E-state index in [4.69, 9.17) is 44.8 Å². The number of carbonyl (C=O) groups is 3. The number of hydrogen-bond acceptors (Lipinski definition) is 11. The van der Waals surface area contributed by atoms with Gasteiger partial charge < -0.3 is 38.3 Å². The van der Waals surface area contributed by atoms with Gasteiger partial charge in [0, 0.05) is 42.7 Å². The molecule has 49 heavy (non-hydrogen) atoms. The predicted molar refractivity (Wildman–Crippen MR) is 178 cm³/mol. The summed E-state index contributed by atoms with van der Waals surface area (Å²) in [7, 11) is 5.53. The summed E-state index contributed by atoms with van der Waals surface area (Å²) in [5.74, 6) is -2.18. The van der Waals surface area contributed by atoms with Crippen molar-refractivity contribution in [2.45, 2.75) is 44.1 Å². The molecule has 6 rings (SSSR count). The van der Waals surface area contributed by atoms with Crippen LogP contribution in [-0.4, -0.2) is 69.9 Å². The van der Waals surface area contributed by atoms with Gasteiger partial charge in [0.25, 0.3) is 0 Å². The van der Waals surface area contributed by atoms with E-state index >= 15 is 0 Å². The van der Waals surface area contributed by atoms with E-state index in [1.165, 1.54) is 34.5 Å². The summed E-state index contributed by atoms with van der Waals surface area (Å²) in [6, 6.07) is 12.5. The first kappa shape index (κ1) is 34.0. The number of carbonyl (C=O) groups excluding carboxylic acids is 3. The molecule has 0 saturated heterocycles. The zero-order valence-electron chi connectivity index (χ0n) is 27.8. The van der Waals surface area contributed by atoms with E-state index < -0.39 is 40.7 Å². The number of aliphatic hydroxyl groups excluding tert-OH is 1. The minimum Gasteiger partial charge on any atom is -0.507 e. The Labute approximate surface area is 288 Å². The van der Waals surface area contributed by atoms with E-state index in [1.807, 2.05) is 12.1 Å². The number of fused-ring (bicyclic) bond motifs is 2. The average Bonchev–Trinajstić information content (AvgIpc) is 3.70. The molecule has 258 valence electrons. The molecule has 11 nitrogen and oxygen atoms in total. The maximum absolute atomic E-state index is 14.3. The van der Waals surface area contributed by atoms with Gasteiger partial charge in [0.1, 0.15) is 27.8 Å². The average molecular weight is 693 g/mol. The van der Waals surface area contributed by atoms with E-state index in [1.54, 1.807) is 25.1 Å². The number of aliphatic hydroxyl groups is 1. The first-order valence-electron chi connectivity index (χ1n) is 15.8. The summed E-state index contributed by atoms with van der Waals surface area (Å²) in [5.41, 5.74) is 0.546. The summed E-state index contributed by atoms with van der Waals surface area (Å²) in [6.07, 6.45) is 0.974. The maximum atomic E-state index is 14.3. The Morgan fingerprint density at radius 1 is 1.00 bits per heavy atom. The van der Waals surface area contributed by atoms with Gasteiger partial charge in [-0.3, -0.25) is 14.4 Å². The number of Topliss-reactive ketones (excluding diaryl/α,β-unsaturated/α-hetero) is 2. The second-order valence-electron chi connectivity index (χ2n) is 12.1. The monoisotopic (exact) mass is 692 g/mol. The number of methoxy groups -OCH3 is 4. The van der Waals surface area contributed by atoms with Gasteiger partial charge in [0.05, 0.1) is 48.1 Å². The van der Waals surface area contributed by atoms with E-state index in [-0.39, 0.29) is 46.2 Å². The molecule has 0 fully saturated rings. The lowest BCUT2D eigenvalue weighted by Gasteiger charge is -2.38. The van der Waals surface area contributed by atoms with Crippen molar-refractivity contribution in [1.29, 1.82) is 0 Å². The van der Waals surface area contributed by atoms with Crippen molar-refractivity contribution in [3.05, 3.63) is 81.1 Å². The fraction of sp³-hybridized carbons (Fsp3) is 0.378. The van der Waals surface area contributed by atoms with Crippen LogP contribution in [0.15, 0.2) is 53.8 Å². The lowest BCUT2D eigenvalue weighted by atomic mass is 9.69. The van der Waals surface area contributed by atoms with E-state index in [0.717, 1.165) is 23.3 Å². The van der Waals surface area contributed by atoms with Crippen LogP contribution in [0, 0.1) is 5.92 Å². The highest BCUT2D eigenvalue weighted by Crippen LogP contribution is 2.56. The molecule has 12 heteroatoms. The summed E-state index contributed by atoms with van der Waals surface area (Å²) in [4.78, 5) is 41.0. The quantitative estimate of drug-likeness (QED) is 0.237. The Hall–Kier alpha value is -4.90. The topological polar surface area (TPSA) is 136 Å². The summed E-state index contributed by atoms with van der Waals surface area (Å²) >= 11 is 6.59. The SMILES string of the molecule is COC(=O)C[C@H](C1=C(O)[C@@]2(Oc3c(Cl)c(OC)cc(OC)c3C2=O)[C@H](C)CC1=O)c1ccc(OC)c(OCCc2ccc3c(c2)CCO3)c1. The number of ketones is 2. The molecule has 3 aromatic carbocycles. The Kier molecular flexibility index (Phi) is 9.39. The molecule has 0 radical (unpaired) electrons. The molecule has 1 aliphatic carbocycles. The first-order valence-corrected chi connectivity index (χ1v) is 16.2. The fourth-order valence-electron chi connectivity index (χ4n) is 6.87. The first-order chi connectivity index (χ1) is 23.6. The van der Waals surface area contributed by atoms with Crippen LogP contribution >= 0.6 is 11.6 Å². The highest BCUT2D eigenvalue weighted by Gasteiger charge is 2.61. The minimum atomic E-state index is -2.02. The Morgan fingerprint density at radius 3 is 2.47 bits per heavy atom.